The Balaban J connectivity index is 2.60. The van der Waals surface area contributed by atoms with E-state index in [2.05, 4.69) is 26.2 Å². The van der Waals surface area contributed by atoms with Gasteiger partial charge < -0.3 is 10.4 Å². The summed E-state index contributed by atoms with van der Waals surface area (Å²) in [6.45, 7) is 1.62. The van der Waals surface area contributed by atoms with Gasteiger partial charge in [0.1, 0.15) is 4.60 Å². The third kappa shape index (κ3) is 3.30. The highest BCUT2D eigenvalue weighted by atomic mass is 79.9. The number of carbonyl (C=O) groups excluding carboxylic acids is 1. The smallest absolute Gasteiger partial charge is 0.308 e. The van der Waals surface area contributed by atoms with Gasteiger partial charge in [0.05, 0.1) is 11.5 Å². The quantitative estimate of drug-likeness (QED) is 0.818. The summed E-state index contributed by atoms with van der Waals surface area (Å²) < 4.78 is 0.440. The first-order valence-corrected chi connectivity index (χ1v) is 5.43. The molecule has 1 heterocycles. The van der Waals surface area contributed by atoms with Crippen molar-refractivity contribution < 1.29 is 14.7 Å². The topological polar surface area (TPSA) is 79.3 Å². The van der Waals surface area contributed by atoms with Crippen LogP contribution < -0.4 is 5.32 Å². The molecule has 5 nitrogen and oxygen atoms in total. The van der Waals surface area contributed by atoms with E-state index in [1.165, 1.54) is 6.92 Å². The van der Waals surface area contributed by atoms with Gasteiger partial charge >= 0.3 is 5.97 Å². The second-order valence-corrected chi connectivity index (χ2v) is 4.04. The number of hydrogen-bond donors (Lipinski definition) is 2. The van der Waals surface area contributed by atoms with Crippen LogP contribution in [0.1, 0.15) is 17.3 Å². The van der Waals surface area contributed by atoms with Crippen LogP contribution >= 0.6 is 15.9 Å². The number of pyridine rings is 1. The third-order valence-corrected chi connectivity index (χ3v) is 2.63. The molecule has 0 aliphatic carbocycles. The van der Waals surface area contributed by atoms with Crippen LogP contribution in [0, 0.1) is 5.92 Å². The largest absolute Gasteiger partial charge is 0.481 e. The molecule has 2 N–H and O–H groups in total. The molecule has 0 fully saturated rings. The molecule has 0 aliphatic heterocycles. The second kappa shape index (κ2) is 5.60. The van der Waals surface area contributed by atoms with Gasteiger partial charge in [-0.1, -0.05) is 6.92 Å². The van der Waals surface area contributed by atoms with Gasteiger partial charge in [-0.3, -0.25) is 9.59 Å². The van der Waals surface area contributed by atoms with E-state index >= 15 is 0 Å². The zero-order valence-corrected chi connectivity index (χ0v) is 10.2. The number of carboxylic acids is 1. The van der Waals surface area contributed by atoms with Gasteiger partial charge in [0.2, 0.25) is 0 Å². The molecule has 0 aliphatic rings. The van der Waals surface area contributed by atoms with Crippen LogP contribution in [0.15, 0.2) is 22.9 Å². The van der Waals surface area contributed by atoms with Crippen LogP contribution in [0.4, 0.5) is 0 Å². The second-order valence-electron chi connectivity index (χ2n) is 3.29. The summed E-state index contributed by atoms with van der Waals surface area (Å²) in [6.07, 6.45) is 1.56. The number of carbonyl (C=O) groups is 2. The minimum absolute atomic E-state index is 0.0928. The van der Waals surface area contributed by atoms with Crippen molar-refractivity contribution in [1.29, 1.82) is 0 Å². The maximum absolute atomic E-state index is 11.6. The van der Waals surface area contributed by atoms with Crippen molar-refractivity contribution in [3.8, 4) is 0 Å². The Morgan fingerprint density at radius 3 is 2.88 bits per heavy atom. The van der Waals surface area contributed by atoms with E-state index in [4.69, 9.17) is 5.11 Å². The summed E-state index contributed by atoms with van der Waals surface area (Å²) in [7, 11) is 0. The van der Waals surface area contributed by atoms with E-state index in [-0.39, 0.29) is 12.5 Å². The Morgan fingerprint density at radius 1 is 1.62 bits per heavy atom. The minimum Gasteiger partial charge on any atom is -0.481 e. The number of aliphatic carboxylic acids is 1. The molecule has 0 radical (unpaired) electrons. The number of aromatic nitrogens is 1. The average molecular weight is 287 g/mol. The summed E-state index contributed by atoms with van der Waals surface area (Å²) in [6, 6.07) is 3.25. The van der Waals surface area contributed by atoms with Crippen LogP contribution in [-0.2, 0) is 4.79 Å². The molecule has 0 saturated heterocycles. The lowest BCUT2D eigenvalue weighted by molar-refractivity contribution is -0.140. The molecule has 1 aromatic rings. The summed E-state index contributed by atoms with van der Waals surface area (Å²) in [5.74, 6) is -1.89. The zero-order chi connectivity index (χ0) is 12.1. The molecule has 0 aromatic carbocycles. The predicted octanol–water partition coefficient (Wildman–Crippen LogP) is 1.29. The lowest BCUT2D eigenvalue weighted by Gasteiger charge is -2.08. The van der Waals surface area contributed by atoms with E-state index in [9.17, 15) is 9.59 Å². The third-order valence-electron chi connectivity index (χ3n) is 1.99. The Morgan fingerprint density at radius 2 is 2.31 bits per heavy atom. The van der Waals surface area contributed by atoms with E-state index in [1.54, 1.807) is 18.3 Å². The molecule has 0 bridgehead atoms. The van der Waals surface area contributed by atoms with Crippen molar-refractivity contribution in [2.45, 2.75) is 6.92 Å². The standard InChI is InChI=1S/C10H11BrN2O3/c1-6(10(15)16)5-13-9(14)7-3-2-4-12-8(7)11/h2-4,6H,5H2,1H3,(H,13,14)(H,15,16). The molecule has 86 valence electrons. The summed E-state index contributed by atoms with van der Waals surface area (Å²) in [4.78, 5) is 26.1. The molecular weight excluding hydrogens is 276 g/mol. The molecule has 1 aromatic heterocycles. The van der Waals surface area contributed by atoms with E-state index in [0.29, 0.717) is 10.2 Å². The number of nitrogens with zero attached hydrogens (tertiary/aromatic N) is 1. The van der Waals surface area contributed by atoms with Crippen LogP contribution in [0.5, 0.6) is 0 Å². The average Bonchev–Trinajstić information content (AvgIpc) is 2.25. The van der Waals surface area contributed by atoms with Gasteiger partial charge in [0.15, 0.2) is 0 Å². The van der Waals surface area contributed by atoms with Crippen molar-refractivity contribution in [3.63, 3.8) is 0 Å². The van der Waals surface area contributed by atoms with Crippen molar-refractivity contribution in [3.05, 3.63) is 28.5 Å². The predicted molar refractivity (Wildman–Crippen MR) is 61.1 cm³/mol. The molecule has 1 amide bonds. The molecular formula is C10H11BrN2O3. The molecule has 16 heavy (non-hydrogen) atoms. The summed E-state index contributed by atoms with van der Waals surface area (Å²) in [5.41, 5.74) is 0.389. The van der Waals surface area contributed by atoms with E-state index < -0.39 is 11.9 Å². The molecule has 1 rings (SSSR count). The Hall–Kier alpha value is -1.43. The van der Waals surface area contributed by atoms with Crippen LogP contribution in [0.25, 0.3) is 0 Å². The van der Waals surface area contributed by atoms with Crippen molar-refractivity contribution in [2.75, 3.05) is 6.54 Å². The summed E-state index contributed by atoms with van der Waals surface area (Å²) in [5, 5.41) is 11.2. The normalized spacial score (nSPS) is 11.9. The zero-order valence-electron chi connectivity index (χ0n) is 8.61. The summed E-state index contributed by atoms with van der Waals surface area (Å²) >= 11 is 3.14. The highest BCUT2D eigenvalue weighted by Crippen LogP contribution is 2.12. The molecule has 0 spiro atoms. The van der Waals surface area contributed by atoms with Gasteiger partial charge in [-0.15, -0.1) is 0 Å². The minimum atomic E-state index is -0.939. The van der Waals surface area contributed by atoms with Gasteiger partial charge in [-0.25, -0.2) is 4.98 Å². The van der Waals surface area contributed by atoms with Crippen LogP contribution in [-0.4, -0.2) is 28.5 Å². The Bertz CT molecular complexity index is 409. The van der Waals surface area contributed by atoms with Crippen LogP contribution in [0.3, 0.4) is 0 Å². The number of carboxylic acid groups (broad SMARTS) is 1. The molecule has 1 atom stereocenters. The van der Waals surface area contributed by atoms with E-state index in [0.717, 1.165) is 0 Å². The number of amides is 1. The first-order valence-electron chi connectivity index (χ1n) is 4.64. The van der Waals surface area contributed by atoms with Crippen molar-refractivity contribution in [2.24, 2.45) is 5.92 Å². The number of hydrogen-bond acceptors (Lipinski definition) is 3. The molecule has 6 heteroatoms. The lowest BCUT2D eigenvalue weighted by Crippen LogP contribution is -2.31. The highest BCUT2D eigenvalue weighted by Gasteiger charge is 2.14. The van der Waals surface area contributed by atoms with Crippen molar-refractivity contribution >= 4 is 27.8 Å². The van der Waals surface area contributed by atoms with Crippen LogP contribution in [0.2, 0.25) is 0 Å². The van der Waals surface area contributed by atoms with Gasteiger partial charge in [-0.05, 0) is 28.1 Å². The maximum Gasteiger partial charge on any atom is 0.308 e. The number of nitrogens with one attached hydrogen (secondary N) is 1. The fourth-order valence-electron chi connectivity index (χ4n) is 0.984. The Labute approximate surface area is 101 Å². The monoisotopic (exact) mass is 286 g/mol. The highest BCUT2D eigenvalue weighted by molar-refractivity contribution is 9.10. The first kappa shape index (κ1) is 12.6. The number of halogens is 1. The van der Waals surface area contributed by atoms with Crippen molar-refractivity contribution in [1.82, 2.24) is 10.3 Å². The maximum atomic E-state index is 11.6. The van der Waals surface area contributed by atoms with E-state index in [1.807, 2.05) is 0 Å². The van der Waals surface area contributed by atoms with Gasteiger partial charge in [-0.2, -0.15) is 0 Å². The van der Waals surface area contributed by atoms with Gasteiger partial charge in [0, 0.05) is 12.7 Å². The fourth-order valence-corrected chi connectivity index (χ4v) is 1.41. The number of rotatable bonds is 4. The molecule has 1 unspecified atom stereocenters. The SMILES string of the molecule is CC(CNC(=O)c1cccnc1Br)C(=O)O. The fraction of sp³-hybridized carbons (Fsp3) is 0.300. The lowest BCUT2D eigenvalue weighted by atomic mass is 10.2. The first-order chi connectivity index (χ1) is 7.52. The molecule has 0 saturated carbocycles. The van der Waals surface area contributed by atoms with Gasteiger partial charge in [0.25, 0.3) is 5.91 Å². The Kier molecular flexibility index (Phi) is 4.42.